The quantitative estimate of drug-likeness (QED) is 0.709. The standard InChI is InChI=1S/C13H13NO2/c1-8-2-3-10-9(4-8)11(15)5-13(10)6-12(16)14-7-13/h2-4H,5-7H2,1H3,(H,14,16). The number of carbonyl (C=O) groups is 2. The van der Waals surface area contributed by atoms with Crippen LogP contribution in [-0.2, 0) is 10.2 Å². The van der Waals surface area contributed by atoms with Crippen LogP contribution in [0.5, 0.6) is 0 Å². The summed E-state index contributed by atoms with van der Waals surface area (Å²) >= 11 is 0. The van der Waals surface area contributed by atoms with E-state index in [9.17, 15) is 9.59 Å². The fraction of sp³-hybridized carbons (Fsp3) is 0.385. The van der Waals surface area contributed by atoms with Crippen molar-refractivity contribution < 1.29 is 9.59 Å². The van der Waals surface area contributed by atoms with Gasteiger partial charge in [0.2, 0.25) is 5.91 Å². The van der Waals surface area contributed by atoms with Gasteiger partial charge in [0, 0.05) is 30.4 Å². The molecule has 1 heterocycles. The summed E-state index contributed by atoms with van der Waals surface area (Å²) in [5, 5.41) is 2.84. The smallest absolute Gasteiger partial charge is 0.221 e. The fourth-order valence-electron chi connectivity index (χ4n) is 2.86. The number of nitrogens with one attached hydrogen (secondary N) is 1. The molecule has 1 aliphatic heterocycles. The highest BCUT2D eigenvalue weighted by Crippen LogP contribution is 2.43. The van der Waals surface area contributed by atoms with E-state index in [0.717, 1.165) is 16.7 Å². The molecule has 1 atom stereocenters. The molecule has 16 heavy (non-hydrogen) atoms. The third-order valence-electron chi connectivity index (χ3n) is 3.67. The Labute approximate surface area is 93.8 Å². The van der Waals surface area contributed by atoms with Crippen molar-refractivity contribution in [3.63, 3.8) is 0 Å². The fourth-order valence-corrected chi connectivity index (χ4v) is 2.86. The summed E-state index contributed by atoms with van der Waals surface area (Å²) in [6.45, 7) is 2.59. The average Bonchev–Trinajstić information content (AvgIpc) is 2.71. The maximum atomic E-state index is 11.9. The summed E-state index contributed by atoms with van der Waals surface area (Å²) in [6.07, 6.45) is 0.930. The number of aryl methyl sites for hydroxylation is 1. The molecule has 1 saturated heterocycles. The second kappa shape index (κ2) is 2.94. The number of hydrogen-bond acceptors (Lipinski definition) is 2. The number of fused-ring (bicyclic) bond motifs is 2. The Balaban J connectivity index is 2.16. The van der Waals surface area contributed by atoms with Gasteiger partial charge in [0.15, 0.2) is 5.78 Å². The van der Waals surface area contributed by atoms with Gasteiger partial charge in [0.1, 0.15) is 0 Å². The first-order valence-electron chi connectivity index (χ1n) is 5.52. The van der Waals surface area contributed by atoms with Crippen molar-refractivity contribution in [3.05, 3.63) is 34.9 Å². The first-order valence-corrected chi connectivity index (χ1v) is 5.52. The van der Waals surface area contributed by atoms with Gasteiger partial charge in [-0.15, -0.1) is 0 Å². The van der Waals surface area contributed by atoms with Crippen molar-refractivity contribution in [3.8, 4) is 0 Å². The molecule has 0 aromatic heterocycles. The maximum absolute atomic E-state index is 11.9. The molecular weight excluding hydrogens is 202 g/mol. The van der Waals surface area contributed by atoms with Gasteiger partial charge < -0.3 is 5.32 Å². The van der Waals surface area contributed by atoms with E-state index in [1.54, 1.807) is 0 Å². The molecule has 3 rings (SSSR count). The van der Waals surface area contributed by atoms with Crippen molar-refractivity contribution in [2.75, 3.05) is 6.54 Å². The van der Waals surface area contributed by atoms with Crippen molar-refractivity contribution in [2.24, 2.45) is 0 Å². The molecule has 2 aliphatic rings. The lowest BCUT2D eigenvalue weighted by Gasteiger charge is -2.20. The summed E-state index contributed by atoms with van der Waals surface area (Å²) < 4.78 is 0. The predicted octanol–water partition coefficient (Wildman–Crippen LogP) is 1.34. The van der Waals surface area contributed by atoms with Crippen LogP contribution in [0.15, 0.2) is 18.2 Å². The van der Waals surface area contributed by atoms with E-state index in [-0.39, 0.29) is 17.1 Å². The number of amides is 1. The van der Waals surface area contributed by atoms with Gasteiger partial charge >= 0.3 is 0 Å². The van der Waals surface area contributed by atoms with Crippen LogP contribution in [0.25, 0.3) is 0 Å². The summed E-state index contributed by atoms with van der Waals surface area (Å²) in [6, 6.07) is 5.97. The van der Waals surface area contributed by atoms with Gasteiger partial charge in [0.05, 0.1) is 0 Å². The molecule has 1 unspecified atom stereocenters. The van der Waals surface area contributed by atoms with E-state index in [2.05, 4.69) is 5.32 Å². The molecule has 3 nitrogen and oxygen atoms in total. The molecule has 0 bridgehead atoms. The Morgan fingerprint density at radius 2 is 2.06 bits per heavy atom. The lowest BCUT2D eigenvalue weighted by atomic mass is 9.81. The highest BCUT2D eigenvalue weighted by molar-refractivity contribution is 6.03. The zero-order chi connectivity index (χ0) is 11.3. The van der Waals surface area contributed by atoms with Gasteiger partial charge in [-0.25, -0.2) is 0 Å². The van der Waals surface area contributed by atoms with E-state index in [4.69, 9.17) is 0 Å². The predicted molar refractivity (Wildman–Crippen MR) is 59.4 cm³/mol. The Kier molecular flexibility index (Phi) is 1.76. The number of hydrogen-bond donors (Lipinski definition) is 1. The third-order valence-corrected chi connectivity index (χ3v) is 3.67. The normalized spacial score (nSPS) is 27.3. The number of rotatable bonds is 0. The highest BCUT2D eigenvalue weighted by atomic mass is 16.2. The minimum atomic E-state index is -0.253. The van der Waals surface area contributed by atoms with E-state index in [1.165, 1.54) is 0 Å². The van der Waals surface area contributed by atoms with E-state index < -0.39 is 0 Å². The van der Waals surface area contributed by atoms with Crippen LogP contribution in [0.3, 0.4) is 0 Å². The lowest BCUT2D eigenvalue weighted by Crippen LogP contribution is -2.26. The summed E-state index contributed by atoms with van der Waals surface area (Å²) in [7, 11) is 0. The molecule has 82 valence electrons. The first kappa shape index (κ1) is 9.58. The highest BCUT2D eigenvalue weighted by Gasteiger charge is 2.47. The monoisotopic (exact) mass is 215 g/mol. The van der Waals surface area contributed by atoms with Crippen molar-refractivity contribution in [1.82, 2.24) is 5.32 Å². The average molecular weight is 215 g/mol. The number of ketones is 1. The van der Waals surface area contributed by atoms with E-state index in [1.807, 2.05) is 25.1 Å². The maximum Gasteiger partial charge on any atom is 0.221 e. The summed E-state index contributed by atoms with van der Waals surface area (Å²) in [5.41, 5.74) is 2.72. The van der Waals surface area contributed by atoms with Crippen molar-refractivity contribution >= 4 is 11.7 Å². The molecule has 1 amide bonds. The van der Waals surface area contributed by atoms with Gasteiger partial charge in [-0.3, -0.25) is 9.59 Å². The van der Waals surface area contributed by atoms with Crippen LogP contribution < -0.4 is 5.32 Å². The van der Waals surface area contributed by atoms with Gasteiger partial charge in [0.25, 0.3) is 0 Å². The SMILES string of the molecule is Cc1ccc2c(c1)C(=O)CC21CNC(=O)C1. The summed E-state index contributed by atoms with van der Waals surface area (Å²) in [4.78, 5) is 23.3. The Bertz CT molecular complexity index is 507. The molecule has 1 aromatic carbocycles. The first-order chi connectivity index (χ1) is 7.61. The number of Topliss-reactive ketones (excluding diaryl/α,β-unsaturated/α-hetero) is 1. The number of benzene rings is 1. The molecular formula is C13H13NO2. The van der Waals surface area contributed by atoms with E-state index >= 15 is 0 Å². The third kappa shape index (κ3) is 1.14. The second-order valence-corrected chi connectivity index (χ2v) is 4.88. The molecule has 3 heteroatoms. The largest absolute Gasteiger partial charge is 0.355 e. The molecule has 1 N–H and O–H groups in total. The van der Waals surface area contributed by atoms with Crippen LogP contribution in [0.1, 0.15) is 34.3 Å². The molecule has 1 aliphatic carbocycles. The van der Waals surface area contributed by atoms with Crippen molar-refractivity contribution in [1.29, 1.82) is 0 Å². The zero-order valence-corrected chi connectivity index (χ0v) is 9.17. The Morgan fingerprint density at radius 1 is 1.25 bits per heavy atom. The van der Waals surface area contributed by atoms with E-state index in [0.29, 0.717) is 19.4 Å². The molecule has 1 aromatic rings. The van der Waals surface area contributed by atoms with Crippen LogP contribution in [0.2, 0.25) is 0 Å². The van der Waals surface area contributed by atoms with Gasteiger partial charge in [-0.2, -0.15) is 0 Å². The second-order valence-electron chi connectivity index (χ2n) is 4.88. The van der Waals surface area contributed by atoms with Gasteiger partial charge in [-0.1, -0.05) is 17.7 Å². The van der Waals surface area contributed by atoms with Gasteiger partial charge in [-0.05, 0) is 18.6 Å². The lowest BCUT2D eigenvalue weighted by molar-refractivity contribution is -0.119. The molecule has 1 spiro atoms. The van der Waals surface area contributed by atoms with Crippen molar-refractivity contribution in [2.45, 2.75) is 25.2 Å². The van der Waals surface area contributed by atoms with Crippen LogP contribution in [0.4, 0.5) is 0 Å². The molecule has 0 saturated carbocycles. The minimum Gasteiger partial charge on any atom is -0.355 e. The summed E-state index contributed by atoms with van der Waals surface area (Å²) in [5.74, 6) is 0.233. The van der Waals surface area contributed by atoms with Crippen LogP contribution in [-0.4, -0.2) is 18.2 Å². The zero-order valence-electron chi connectivity index (χ0n) is 9.17. The Morgan fingerprint density at radius 3 is 2.75 bits per heavy atom. The van der Waals surface area contributed by atoms with Crippen LogP contribution >= 0.6 is 0 Å². The topological polar surface area (TPSA) is 46.2 Å². The molecule has 1 fully saturated rings. The van der Waals surface area contributed by atoms with Crippen LogP contribution in [0, 0.1) is 6.92 Å². The number of carbonyl (C=O) groups excluding carboxylic acids is 2. The molecule has 0 radical (unpaired) electrons. The minimum absolute atomic E-state index is 0.0567. The Hall–Kier alpha value is -1.64.